The monoisotopic (exact) mass is 205 g/mol. The molecular weight excluding hydrogens is 190 g/mol. The number of nitrogens with zero attached hydrogens (tertiary/aromatic N) is 3. The number of anilines is 1. The number of nitroso groups, excluding NO2 is 1. The lowest BCUT2D eigenvalue weighted by Crippen LogP contribution is -2.43. The summed E-state index contributed by atoms with van der Waals surface area (Å²) in [5.74, 6) is 0. The van der Waals surface area contributed by atoms with Gasteiger partial charge in [0.2, 0.25) is 0 Å². The van der Waals surface area contributed by atoms with Crippen molar-refractivity contribution in [1.29, 1.82) is 0 Å². The summed E-state index contributed by atoms with van der Waals surface area (Å²) in [7, 11) is 0. The third-order valence-electron chi connectivity index (χ3n) is 2.77. The third kappa shape index (κ3) is 2.26. The minimum absolute atomic E-state index is 0.720. The fourth-order valence-corrected chi connectivity index (χ4v) is 1.79. The Bertz CT molecular complexity index is 328. The van der Waals surface area contributed by atoms with E-state index in [0.717, 1.165) is 26.2 Å². The maximum Gasteiger partial charge on any atom is 0.0568 e. The maximum atomic E-state index is 10.3. The Labute approximate surface area is 89.4 Å². The molecule has 80 valence electrons. The number of benzene rings is 1. The topological polar surface area (TPSA) is 35.9 Å². The van der Waals surface area contributed by atoms with Gasteiger partial charge in [0, 0.05) is 18.8 Å². The fraction of sp³-hybridized carbons (Fsp3) is 0.455. The first-order valence-electron chi connectivity index (χ1n) is 5.19. The summed E-state index contributed by atoms with van der Waals surface area (Å²) in [5, 5.41) is 4.52. The zero-order valence-electron chi connectivity index (χ0n) is 8.89. The highest BCUT2D eigenvalue weighted by Gasteiger charge is 2.16. The number of rotatable bonds is 2. The molecule has 0 N–H and O–H groups in total. The van der Waals surface area contributed by atoms with Crippen LogP contribution < -0.4 is 4.90 Å². The Balaban J connectivity index is 2.01. The Morgan fingerprint density at radius 1 is 1.07 bits per heavy atom. The molecule has 0 amide bonds. The molecule has 4 nitrogen and oxygen atoms in total. The number of hydrogen-bond acceptors (Lipinski definition) is 3. The minimum atomic E-state index is 0.720. The predicted octanol–water partition coefficient (Wildman–Crippen LogP) is 1.80. The van der Waals surface area contributed by atoms with Gasteiger partial charge < -0.3 is 4.90 Å². The summed E-state index contributed by atoms with van der Waals surface area (Å²) in [6.07, 6.45) is 0. The van der Waals surface area contributed by atoms with Crippen LogP contribution in [0.3, 0.4) is 0 Å². The van der Waals surface area contributed by atoms with Gasteiger partial charge in [-0.3, -0.25) is 5.01 Å². The van der Waals surface area contributed by atoms with Crippen molar-refractivity contribution in [2.24, 2.45) is 5.29 Å². The summed E-state index contributed by atoms with van der Waals surface area (Å²) >= 11 is 0. The van der Waals surface area contributed by atoms with E-state index in [1.54, 1.807) is 5.01 Å². The summed E-state index contributed by atoms with van der Waals surface area (Å²) in [4.78, 5) is 12.6. The van der Waals surface area contributed by atoms with Crippen molar-refractivity contribution in [1.82, 2.24) is 5.01 Å². The van der Waals surface area contributed by atoms with E-state index in [0.29, 0.717) is 0 Å². The van der Waals surface area contributed by atoms with Gasteiger partial charge in [-0.25, -0.2) is 0 Å². The molecule has 1 aromatic rings. The van der Waals surface area contributed by atoms with Crippen LogP contribution in [0.4, 0.5) is 5.69 Å². The third-order valence-corrected chi connectivity index (χ3v) is 2.77. The first-order chi connectivity index (χ1) is 7.29. The highest BCUT2D eigenvalue weighted by molar-refractivity contribution is 5.47. The van der Waals surface area contributed by atoms with E-state index in [2.05, 4.69) is 41.4 Å². The van der Waals surface area contributed by atoms with Crippen molar-refractivity contribution in [2.45, 2.75) is 6.92 Å². The first-order valence-corrected chi connectivity index (χ1v) is 5.19. The van der Waals surface area contributed by atoms with E-state index in [9.17, 15) is 4.91 Å². The lowest BCUT2D eigenvalue weighted by atomic mass is 10.2. The standard InChI is InChI=1S/C11H15N3O/c1-10-2-4-11(5-3-10)13-6-8-14(12-15)9-7-13/h2-5H,6-9H2,1H3. The zero-order valence-corrected chi connectivity index (χ0v) is 8.89. The van der Waals surface area contributed by atoms with Crippen molar-refractivity contribution >= 4 is 5.69 Å². The molecule has 1 heterocycles. The molecule has 1 saturated heterocycles. The number of piperazine rings is 1. The molecule has 15 heavy (non-hydrogen) atoms. The highest BCUT2D eigenvalue weighted by atomic mass is 16.3. The molecule has 4 heteroatoms. The summed E-state index contributed by atoms with van der Waals surface area (Å²) in [5.41, 5.74) is 2.50. The van der Waals surface area contributed by atoms with Crippen LogP contribution in [0.2, 0.25) is 0 Å². The van der Waals surface area contributed by atoms with Crippen LogP contribution in [-0.2, 0) is 0 Å². The molecule has 0 atom stereocenters. The van der Waals surface area contributed by atoms with Crippen LogP contribution >= 0.6 is 0 Å². The van der Waals surface area contributed by atoms with Crippen molar-refractivity contribution < 1.29 is 0 Å². The van der Waals surface area contributed by atoms with E-state index < -0.39 is 0 Å². The molecule has 0 saturated carbocycles. The quantitative estimate of drug-likeness (QED) is 0.691. The molecule has 1 aromatic carbocycles. The second-order valence-corrected chi connectivity index (χ2v) is 3.86. The second kappa shape index (κ2) is 4.29. The van der Waals surface area contributed by atoms with E-state index in [1.807, 2.05) is 0 Å². The maximum absolute atomic E-state index is 10.3. The molecule has 1 aliphatic rings. The Morgan fingerprint density at radius 2 is 1.67 bits per heavy atom. The Morgan fingerprint density at radius 3 is 2.20 bits per heavy atom. The average molecular weight is 205 g/mol. The summed E-state index contributed by atoms with van der Waals surface area (Å²) in [6, 6.07) is 8.47. The van der Waals surface area contributed by atoms with Gasteiger partial charge in [0.05, 0.1) is 18.4 Å². The van der Waals surface area contributed by atoms with Crippen LogP contribution in [0.1, 0.15) is 5.56 Å². The zero-order chi connectivity index (χ0) is 10.7. The predicted molar refractivity (Wildman–Crippen MR) is 60.8 cm³/mol. The van der Waals surface area contributed by atoms with Gasteiger partial charge in [-0.05, 0) is 19.1 Å². The van der Waals surface area contributed by atoms with Crippen molar-refractivity contribution in [3.63, 3.8) is 0 Å². The largest absolute Gasteiger partial charge is 0.368 e. The molecule has 1 fully saturated rings. The first kappa shape index (κ1) is 9.96. The minimum Gasteiger partial charge on any atom is -0.368 e. The van der Waals surface area contributed by atoms with Crippen molar-refractivity contribution in [2.75, 3.05) is 31.1 Å². The van der Waals surface area contributed by atoms with Crippen LogP contribution in [-0.4, -0.2) is 31.2 Å². The molecule has 1 aliphatic heterocycles. The molecular formula is C11H15N3O. The molecule has 0 aromatic heterocycles. The van der Waals surface area contributed by atoms with E-state index in [1.165, 1.54) is 11.3 Å². The molecule has 0 spiro atoms. The van der Waals surface area contributed by atoms with Crippen molar-refractivity contribution in [3.05, 3.63) is 34.7 Å². The van der Waals surface area contributed by atoms with Crippen LogP contribution in [0.5, 0.6) is 0 Å². The van der Waals surface area contributed by atoms with Crippen LogP contribution in [0, 0.1) is 11.8 Å². The van der Waals surface area contributed by atoms with Crippen LogP contribution in [0.25, 0.3) is 0 Å². The Kier molecular flexibility index (Phi) is 2.85. The molecule has 0 bridgehead atoms. The van der Waals surface area contributed by atoms with E-state index in [4.69, 9.17) is 0 Å². The number of aryl methyl sites for hydroxylation is 1. The van der Waals surface area contributed by atoms with Gasteiger partial charge in [-0.1, -0.05) is 17.7 Å². The Hall–Kier alpha value is -1.58. The normalized spacial score (nSPS) is 16.6. The van der Waals surface area contributed by atoms with E-state index >= 15 is 0 Å². The van der Waals surface area contributed by atoms with Gasteiger partial charge in [0.1, 0.15) is 0 Å². The summed E-state index contributed by atoms with van der Waals surface area (Å²) < 4.78 is 0. The fourth-order valence-electron chi connectivity index (χ4n) is 1.79. The smallest absolute Gasteiger partial charge is 0.0568 e. The lowest BCUT2D eigenvalue weighted by molar-refractivity contribution is 0.267. The molecule has 0 aliphatic carbocycles. The van der Waals surface area contributed by atoms with Gasteiger partial charge in [-0.2, -0.15) is 0 Å². The number of hydrogen-bond donors (Lipinski definition) is 0. The van der Waals surface area contributed by atoms with Crippen molar-refractivity contribution in [3.8, 4) is 0 Å². The molecule has 0 unspecified atom stereocenters. The van der Waals surface area contributed by atoms with Gasteiger partial charge >= 0.3 is 0 Å². The van der Waals surface area contributed by atoms with Gasteiger partial charge in [0.15, 0.2) is 0 Å². The average Bonchev–Trinajstić information content (AvgIpc) is 2.30. The lowest BCUT2D eigenvalue weighted by Gasteiger charge is -2.32. The van der Waals surface area contributed by atoms with Crippen LogP contribution in [0.15, 0.2) is 29.6 Å². The summed E-state index contributed by atoms with van der Waals surface area (Å²) in [6.45, 7) is 5.26. The second-order valence-electron chi connectivity index (χ2n) is 3.86. The van der Waals surface area contributed by atoms with Gasteiger partial charge in [-0.15, -0.1) is 4.91 Å². The molecule has 0 radical (unpaired) electrons. The van der Waals surface area contributed by atoms with Gasteiger partial charge in [0.25, 0.3) is 0 Å². The molecule has 2 rings (SSSR count). The SMILES string of the molecule is Cc1ccc(N2CCN(N=O)CC2)cc1. The highest BCUT2D eigenvalue weighted by Crippen LogP contribution is 2.16. The van der Waals surface area contributed by atoms with E-state index in [-0.39, 0.29) is 0 Å².